The molecule has 0 unspecified atom stereocenters. The summed E-state index contributed by atoms with van der Waals surface area (Å²) >= 11 is 0. The van der Waals surface area contributed by atoms with Gasteiger partial charge in [-0.05, 0) is 75.2 Å². The summed E-state index contributed by atoms with van der Waals surface area (Å²) in [5.74, 6) is 0. The smallest absolute Gasteiger partial charge is 0.103 e. The monoisotopic (exact) mass is 398 g/mol. The zero-order valence-corrected chi connectivity index (χ0v) is 18.7. The van der Waals surface area contributed by atoms with Crippen LogP contribution < -0.4 is 19.6 Å². The van der Waals surface area contributed by atoms with Crippen LogP contribution in [0.5, 0.6) is 0 Å². The first kappa shape index (κ1) is 18.9. The van der Waals surface area contributed by atoms with Gasteiger partial charge >= 0.3 is 0 Å². The fourth-order valence-electron chi connectivity index (χ4n) is 5.07. The van der Waals surface area contributed by atoms with Crippen LogP contribution in [0.15, 0.2) is 60.7 Å². The van der Waals surface area contributed by atoms with Gasteiger partial charge in [0.15, 0.2) is 0 Å². The summed E-state index contributed by atoms with van der Waals surface area (Å²) in [5.41, 5.74) is 10.3. The number of nitrogens with zero attached hydrogens (tertiary/aromatic N) is 4. The van der Waals surface area contributed by atoms with E-state index in [9.17, 15) is 0 Å². The minimum atomic E-state index is 0.265. The first-order chi connectivity index (χ1) is 14.4. The lowest BCUT2D eigenvalue weighted by Gasteiger charge is -2.33. The van der Waals surface area contributed by atoms with E-state index in [-0.39, 0.29) is 12.3 Å². The number of anilines is 6. The van der Waals surface area contributed by atoms with E-state index in [1.807, 2.05) is 0 Å². The molecular formula is C26H30N4. The van der Waals surface area contributed by atoms with Crippen LogP contribution in [-0.4, -0.2) is 26.4 Å². The Morgan fingerprint density at radius 1 is 0.567 bits per heavy atom. The average molecular weight is 399 g/mol. The summed E-state index contributed by atoms with van der Waals surface area (Å²) in [6.07, 6.45) is 0.531. The van der Waals surface area contributed by atoms with Crippen LogP contribution in [0.3, 0.4) is 0 Å². The molecular weight excluding hydrogens is 368 g/mol. The third-order valence-electron chi connectivity index (χ3n) is 6.93. The Balaban J connectivity index is 1.69. The highest BCUT2D eigenvalue weighted by Gasteiger charge is 2.35. The molecule has 0 saturated heterocycles. The molecule has 2 heterocycles. The molecule has 0 saturated carbocycles. The van der Waals surface area contributed by atoms with Crippen LogP contribution in [0.2, 0.25) is 0 Å². The maximum Gasteiger partial charge on any atom is 0.103 e. The molecule has 2 aliphatic heterocycles. The average Bonchev–Trinajstić information content (AvgIpc) is 3.15. The number of rotatable bonds is 2. The Labute approximate surface area is 179 Å². The fraction of sp³-hybridized carbons (Fsp3) is 0.308. The highest BCUT2D eigenvalue weighted by molar-refractivity contribution is 5.89. The third-order valence-corrected chi connectivity index (χ3v) is 6.93. The second-order valence-corrected chi connectivity index (χ2v) is 8.63. The van der Waals surface area contributed by atoms with E-state index in [1.54, 1.807) is 0 Å². The van der Waals surface area contributed by atoms with E-state index in [1.165, 1.54) is 45.3 Å². The number of fused-ring (bicyclic) bond motifs is 2. The van der Waals surface area contributed by atoms with Gasteiger partial charge in [-0.3, -0.25) is 0 Å². The second kappa shape index (κ2) is 6.69. The molecule has 0 N–H and O–H groups in total. The lowest BCUT2D eigenvalue weighted by Crippen LogP contribution is -2.37. The number of benzene rings is 3. The van der Waals surface area contributed by atoms with Crippen LogP contribution in [0.4, 0.5) is 34.1 Å². The van der Waals surface area contributed by atoms with Gasteiger partial charge in [0.2, 0.25) is 0 Å². The number of aryl methyl sites for hydroxylation is 1. The van der Waals surface area contributed by atoms with Crippen LogP contribution in [-0.2, 0) is 0 Å². The highest BCUT2D eigenvalue weighted by Crippen LogP contribution is 2.49. The van der Waals surface area contributed by atoms with Gasteiger partial charge in [0, 0.05) is 25.5 Å². The summed E-state index contributed by atoms with van der Waals surface area (Å²) in [6.45, 7) is 9.04. The summed E-state index contributed by atoms with van der Waals surface area (Å²) in [4.78, 5) is 9.69. The van der Waals surface area contributed by atoms with E-state index in [4.69, 9.17) is 0 Å². The van der Waals surface area contributed by atoms with Crippen molar-refractivity contribution in [2.75, 3.05) is 33.7 Å². The first-order valence-electron chi connectivity index (χ1n) is 10.7. The molecule has 30 heavy (non-hydrogen) atoms. The van der Waals surface area contributed by atoms with Crippen LogP contribution in [0, 0.1) is 13.8 Å². The fourth-order valence-corrected chi connectivity index (χ4v) is 5.07. The molecule has 4 nitrogen and oxygen atoms in total. The lowest BCUT2D eigenvalue weighted by molar-refractivity contribution is 0.724. The van der Waals surface area contributed by atoms with Crippen molar-refractivity contribution in [3.8, 4) is 0 Å². The Kier molecular flexibility index (Phi) is 4.21. The van der Waals surface area contributed by atoms with Crippen molar-refractivity contribution in [1.29, 1.82) is 0 Å². The van der Waals surface area contributed by atoms with Gasteiger partial charge in [0.05, 0.1) is 22.7 Å². The van der Waals surface area contributed by atoms with Gasteiger partial charge in [-0.1, -0.05) is 24.3 Å². The van der Waals surface area contributed by atoms with Gasteiger partial charge in [-0.25, -0.2) is 0 Å². The Hall–Kier alpha value is -3.14. The van der Waals surface area contributed by atoms with Crippen LogP contribution >= 0.6 is 0 Å². The van der Waals surface area contributed by atoms with Crippen LogP contribution in [0.1, 0.15) is 25.0 Å². The van der Waals surface area contributed by atoms with Crippen molar-refractivity contribution < 1.29 is 0 Å². The van der Waals surface area contributed by atoms with Crippen molar-refractivity contribution >= 4 is 34.1 Å². The number of hydrogen-bond donors (Lipinski definition) is 0. The topological polar surface area (TPSA) is 13.0 Å². The van der Waals surface area contributed by atoms with Crippen molar-refractivity contribution in [2.45, 2.75) is 40.0 Å². The summed E-state index contributed by atoms with van der Waals surface area (Å²) in [5, 5.41) is 0. The maximum absolute atomic E-state index is 2.48. The SMILES string of the molecule is Cc1cc(N2c3ccccc3N(C)[C@H]2C)c(C)c(N2c3ccccc3N(C)[C@@H]2C)c1. The van der Waals surface area contributed by atoms with Crippen molar-refractivity contribution in [3.63, 3.8) is 0 Å². The minimum absolute atomic E-state index is 0.265. The Morgan fingerprint density at radius 3 is 1.33 bits per heavy atom. The third kappa shape index (κ3) is 2.53. The van der Waals surface area contributed by atoms with E-state index in [0.29, 0.717) is 0 Å². The maximum atomic E-state index is 2.48. The molecule has 0 aliphatic carbocycles. The molecule has 154 valence electrons. The van der Waals surface area contributed by atoms with Crippen molar-refractivity contribution in [1.82, 2.24) is 0 Å². The minimum Gasteiger partial charge on any atom is -0.353 e. The van der Waals surface area contributed by atoms with E-state index in [0.717, 1.165) is 0 Å². The van der Waals surface area contributed by atoms with Gasteiger partial charge < -0.3 is 19.6 Å². The molecule has 0 fully saturated rings. The first-order valence-corrected chi connectivity index (χ1v) is 10.7. The molecule has 5 rings (SSSR count). The normalized spacial score (nSPS) is 20.1. The molecule has 3 aromatic rings. The molecule has 3 aromatic carbocycles. The predicted molar refractivity (Wildman–Crippen MR) is 129 cm³/mol. The van der Waals surface area contributed by atoms with Gasteiger partial charge in [0.25, 0.3) is 0 Å². The zero-order valence-electron chi connectivity index (χ0n) is 18.7. The Morgan fingerprint density at radius 2 is 0.933 bits per heavy atom. The second-order valence-electron chi connectivity index (χ2n) is 8.63. The zero-order chi connectivity index (χ0) is 21.2. The van der Waals surface area contributed by atoms with Crippen molar-refractivity contribution in [2.24, 2.45) is 0 Å². The van der Waals surface area contributed by atoms with Gasteiger partial charge in [0.1, 0.15) is 12.3 Å². The van der Waals surface area contributed by atoms with Crippen molar-refractivity contribution in [3.05, 3.63) is 71.8 Å². The summed E-state index contributed by atoms with van der Waals surface area (Å²) in [7, 11) is 4.37. The van der Waals surface area contributed by atoms with E-state index < -0.39 is 0 Å². The molecule has 0 amide bonds. The molecule has 4 heteroatoms. The largest absolute Gasteiger partial charge is 0.353 e. The molecule has 0 radical (unpaired) electrons. The molecule has 0 aromatic heterocycles. The Bertz CT molecular complexity index is 1040. The molecule has 2 aliphatic rings. The number of hydrogen-bond acceptors (Lipinski definition) is 4. The molecule has 0 spiro atoms. The van der Waals surface area contributed by atoms with Gasteiger partial charge in [-0.2, -0.15) is 0 Å². The van der Waals surface area contributed by atoms with E-state index >= 15 is 0 Å². The molecule has 2 atom stereocenters. The van der Waals surface area contributed by atoms with Gasteiger partial charge in [-0.15, -0.1) is 0 Å². The summed E-state index contributed by atoms with van der Waals surface area (Å²) < 4.78 is 0. The highest BCUT2D eigenvalue weighted by atomic mass is 15.4. The standard InChI is InChI=1S/C26H30N4/c1-17-15-25(29-19(3)27(5)21-11-7-9-13-23(21)29)18(2)26(16-17)30-20(4)28(6)22-12-8-10-14-24(22)30/h7-16,19-20H,1-6H3/t19-,20+. The van der Waals surface area contributed by atoms with Crippen LogP contribution in [0.25, 0.3) is 0 Å². The van der Waals surface area contributed by atoms with E-state index in [2.05, 4.69) is 122 Å². The predicted octanol–water partition coefficient (Wildman–Crippen LogP) is 6.17. The number of para-hydroxylation sites is 4. The summed E-state index contributed by atoms with van der Waals surface area (Å²) in [6, 6.07) is 22.1. The molecule has 0 bridgehead atoms. The lowest BCUT2D eigenvalue weighted by atomic mass is 10.0. The quantitative estimate of drug-likeness (QED) is 0.512.